The maximum absolute atomic E-state index is 5.74. The highest BCUT2D eigenvalue weighted by Crippen LogP contribution is 2.30. The molecule has 1 aromatic heterocycles. The molecule has 0 aliphatic heterocycles. The molecule has 1 N–H and O–H groups in total. The summed E-state index contributed by atoms with van der Waals surface area (Å²) < 4.78 is 10.8. The fourth-order valence-corrected chi connectivity index (χ4v) is 2.51. The van der Waals surface area contributed by atoms with Crippen LogP contribution in [0, 0.1) is 20.8 Å². The second-order valence-corrected chi connectivity index (χ2v) is 4.85. The van der Waals surface area contributed by atoms with E-state index < -0.39 is 0 Å². The normalized spacial score (nSPS) is 12.9. The smallest absolute Gasteiger partial charge is 0.106 e. The van der Waals surface area contributed by atoms with Crippen LogP contribution < -0.4 is 5.32 Å². The van der Waals surface area contributed by atoms with Crippen LogP contribution in [0.15, 0.2) is 4.42 Å². The van der Waals surface area contributed by atoms with E-state index in [1.807, 2.05) is 6.92 Å². The van der Waals surface area contributed by atoms with E-state index in [0.29, 0.717) is 6.04 Å². The van der Waals surface area contributed by atoms with Gasteiger partial charge in [-0.15, -0.1) is 0 Å². The molecular weight excluding hydrogens is 226 g/mol. The zero-order valence-corrected chi connectivity index (χ0v) is 12.4. The number of unbranched alkanes of at least 4 members (excludes halogenated alkanes) is 1. The van der Waals surface area contributed by atoms with Gasteiger partial charge in [0.25, 0.3) is 0 Å². The number of ether oxygens (including phenoxy) is 1. The highest BCUT2D eigenvalue weighted by Gasteiger charge is 2.19. The van der Waals surface area contributed by atoms with Gasteiger partial charge in [-0.05, 0) is 52.1 Å². The van der Waals surface area contributed by atoms with Gasteiger partial charge < -0.3 is 14.5 Å². The predicted octanol–water partition coefficient (Wildman–Crippen LogP) is 3.67. The van der Waals surface area contributed by atoms with Crippen LogP contribution in [-0.2, 0) is 4.74 Å². The molecule has 3 heteroatoms. The fraction of sp³-hybridized carbons (Fsp3) is 0.733. The molecule has 0 amide bonds. The maximum Gasteiger partial charge on any atom is 0.106 e. The molecule has 0 saturated heterocycles. The van der Waals surface area contributed by atoms with Crippen molar-refractivity contribution in [1.82, 2.24) is 5.32 Å². The van der Waals surface area contributed by atoms with Crippen LogP contribution in [0.4, 0.5) is 0 Å². The lowest BCUT2D eigenvalue weighted by molar-refractivity contribution is 0.191. The molecule has 0 aromatic carbocycles. The molecule has 0 spiro atoms. The summed E-state index contributed by atoms with van der Waals surface area (Å²) in [6.07, 6.45) is 3.43. The largest absolute Gasteiger partial charge is 0.466 e. The van der Waals surface area contributed by atoms with Crippen molar-refractivity contribution in [2.45, 2.75) is 53.0 Å². The van der Waals surface area contributed by atoms with Gasteiger partial charge in [-0.3, -0.25) is 0 Å². The fourth-order valence-electron chi connectivity index (χ4n) is 2.51. The molecule has 3 nitrogen and oxygen atoms in total. The number of hydrogen-bond acceptors (Lipinski definition) is 3. The Morgan fingerprint density at radius 1 is 1.17 bits per heavy atom. The van der Waals surface area contributed by atoms with E-state index in [9.17, 15) is 0 Å². The number of hydrogen-bond donors (Lipinski definition) is 1. The lowest BCUT2D eigenvalue weighted by atomic mass is 9.97. The molecule has 1 aromatic rings. The summed E-state index contributed by atoms with van der Waals surface area (Å²) >= 11 is 0. The lowest BCUT2D eigenvalue weighted by Crippen LogP contribution is -2.22. The molecule has 0 aliphatic rings. The summed E-state index contributed by atoms with van der Waals surface area (Å²) in [7, 11) is 1.76. The summed E-state index contributed by atoms with van der Waals surface area (Å²) in [5.74, 6) is 2.10. The van der Waals surface area contributed by atoms with Crippen molar-refractivity contribution in [3.63, 3.8) is 0 Å². The topological polar surface area (TPSA) is 34.4 Å². The molecule has 0 bridgehead atoms. The molecule has 0 fully saturated rings. The van der Waals surface area contributed by atoms with Gasteiger partial charge in [0.15, 0.2) is 0 Å². The first-order valence-corrected chi connectivity index (χ1v) is 6.90. The van der Waals surface area contributed by atoms with E-state index in [1.54, 1.807) is 7.11 Å². The summed E-state index contributed by atoms with van der Waals surface area (Å²) in [6, 6.07) is 0.407. The van der Waals surface area contributed by atoms with Crippen molar-refractivity contribution >= 4 is 0 Å². The minimum absolute atomic E-state index is 0.407. The number of methoxy groups -OCH3 is 1. The highest BCUT2D eigenvalue weighted by atomic mass is 16.5. The van der Waals surface area contributed by atoms with Gasteiger partial charge in [-0.25, -0.2) is 0 Å². The van der Waals surface area contributed by atoms with E-state index in [1.165, 1.54) is 17.5 Å². The quantitative estimate of drug-likeness (QED) is 0.718. The van der Waals surface area contributed by atoms with Gasteiger partial charge in [0, 0.05) is 25.3 Å². The Bertz CT molecular complexity index is 358. The first-order chi connectivity index (χ1) is 8.61. The van der Waals surface area contributed by atoms with Gasteiger partial charge in [-0.2, -0.15) is 0 Å². The monoisotopic (exact) mass is 253 g/mol. The SMILES string of the molecule is CCNC(CCCCOC)c1c(C)oc(C)c1C. The predicted molar refractivity (Wildman–Crippen MR) is 75.1 cm³/mol. The van der Waals surface area contributed by atoms with Crippen molar-refractivity contribution < 1.29 is 9.15 Å². The average molecular weight is 253 g/mol. The summed E-state index contributed by atoms with van der Waals surface area (Å²) in [5, 5.41) is 3.57. The minimum Gasteiger partial charge on any atom is -0.466 e. The van der Waals surface area contributed by atoms with Crippen LogP contribution in [0.1, 0.15) is 54.9 Å². The summed E-state index contributed by atoms with van der Waals surface area (Å²) in [4.78, 5) is 0. The molecule has 0 radical (unpaired) electrons. The van der Waals surface area contributed by atoms with Gasteiger partial charge >= 0.3 is 0 Å². The third kappa shape index (κ3) is 3.85. The number of aryl methyl sites for hydroxylation is 2. The van der Waals surface area contributed by atoms with Gasteiger partial charge in [0.05, 0.1) is 0 Å². The third-order valence-electron chi connectivity index (χ3n) is 3.51. The first-order valence-electron chi connectivity index (χ1n) is 6.90. The van der Waals surface area contributed by atoms with E-state index >= 15 is 0 Å². The second kappa shape index (κ2) is 7.59. The van der Waals surface area contributed by atoms with Crippen molar-refractivity contribution in [1.29, 1.82) is 0 Å². The van der Waals surface area contributed by atoms with Crippen LogP contribution in [0.2, 0.25) is 0 Å². The van der Waals surface area contributed by atoms with Crippen LogP contribution in [-0.4, -0.2) is 20.3 Å². The number of furan rings is 1. The van der Waals surface area contributed by atoms with Crippen molar-refractivity contribution in [3.8, 4) is 0 Å². The minimum atomic E-state index is 0.407. The van der Waals surface area contributed by atoms with Crippen molar-refractivity contribution in [3.05, 3.63) is 22.6 Å². The Balaban J connectivity index is 2.71. The van der Waals surface area contributed by atoms with E-state index in [-0.39, 0.29) is 0 Å². The number of rotatable bonds is 8. The molecule has 18 heavy (non-hydrogen) atoms. The first kappa shape index (κ1) is 15.3. The van der Waals surface area contributed by atoms with Crippen LogP contribution >= 0.6 is 0 Å². The molecule has 1 unspecified atom stereocenters. The van der Waals surface area contributed by atoms with E-state index in [0.717, 1.165) is 37.5 Å². The second-order valence-electron chi connectivity index (χ2n) is 4.85. The molecule has 1 heterocycles. The average Bonchev–Trinajstić information content (AvgIpc) is 2.58. The molecule has 1 atom stereocenters. The maximum atomic E-state index is 5.74. The highest BCUT2D eigenvalue weighted by molar-refractivity contribution is 5.34. The van der Waals surface area contributed by atoms with Gasteiger partial charge in [0.1, 0.15) is 11.5 Å². The summed E-state index contributed by atoms with van der Waals surface area (Å²) in [6.45, 7) is 10.2. The van der Waals surface area contributed by atoms with E-state index in [2.05, 4.69) is 26.1 Å². The summed E-state index contributed by atoms with van der Waals surface area (Å²) in [5.41, 5.74) is 2.65. The van der Waals surface area contributed by atoms with Crippen molar-refractivity contribution in [2.75, 3.05) is 20.3 Å². The molecular formula is C15H27NO2. The molecule has 0 saturated carbocycles. The van der Waals surface area contributed by atoms with Gasteiger partial charge in [0.2, 0.25) is 0 Å². The standard InChI is InChI=1S/C15H27NO2/c1-6-16-14(9-7-8-10-17-5)15-11(2)12(3)18-13(15)4/h14,16H,6-10H2,1-5H3. The zero-order valence-electron chi connectivity index (χ0n) is 12.4. The lowest BCUT2D eigenvalue weighted by Gasteiger charge is -2.18. The van der Waals surface area contributed by atoms with E-state index in [4.69, 9.17) is 9.15 Å². The van der Waals surface area contributed by atoms with Gasteiger partial charge in [-0.1, -0.05) is 6.92 Å². The zero-order chi connectivity index (χ0) is 13.5. The number of nitrogens with one attached hydrogen (secondary N) is 1. The van der Waals surface area contributed by atoms with Crippen LogP contribution in [0.3, 0.4) is 0 Å². The van der Waals surface area contributed by atoms with Crippen molar-refractivity contribution in [2.24, 2.45) is 0 Å². The van der Waals surface area contributed by atoms with Crippen LogP contribution in [0.25, 0.3) is 0 Å². The van der Waals surface area contributed by atoms with Crippen LogP contribution in [0.5, 0.6) is 0 Å². The molecule has 1 rings (SSSR count). The Kier molecular flexibility index (Phi) is 6.44. The molecule has 104 valence electrons. The Morgan fingerprint density at radius 3 is 2.39 bits per heavy atom. The Morgan fingerprint density at radius 2 is 1.89 bits per heavy atom. The third-order valence-corrected chi connectivity index (χ3v) is 3.51. The Hall–Kier alpha value is -0.800. The Labute approximate surface area is 111 Å². The molecule has 0 aliphatic carbocycles.